The Labute approximate surface area is 260 Å². The van der Waals surface area contributed by atoms with Crippen LogP contribution >= 0.6 is 0 Å². The van der Waals surface area contributed by atoms with E-state index in [0.29, 0.717) is 34.1 Å². The lowest BCUT2D eigenvalue weighted by Gasteiger charge is -2.27. The quantitative estimate of drug-likeness (QED) is 0.0919. The minimum absolute atomic E-state index is 0.0865. The summed E-state index contributed by atoms with van der Waals surface area (Å²) in [4.78, 5) is 26.5. The predicted molar refractivity (Wildman–Crippen MR) is 175 cm³/mol. The lowest BCUT2D eigenvalue weighted by Crippen LogP contribution is -2.30. The largest absolute Gasteiger partial charge is 0.491 e. The van der Waals surface area contributed by atoms with Gasteiger partial charge in [-0.15, -0.1) is 0 Å². The molecule has 5 N–H and O–H groups in total. The highest BCUT2D eigenvalue weighted by atomic mass is 16.6. The fourth-order valence-electron chi connectivity index (χ4n) is 4.68. The minimum Gasteiger partial charge on any atom is -0.491 e. The molecule has 0 radical (unpaired) electrons. The Morgan fingerprint density at radius 2 is 1.47 bits per heavy atom. The highest BCUT2D eigenvalue weighted by molar-refractivity contribution is 6.01. The van der Waals surface area contributed by atoms with Crippen molar-refractivity contribution in [3.8, 4) is 11.5 Å². The van der Waals surface area contributed by atoms with E-state index in [1.165, 1.54) is 12.2 Å². The van der Waals surface area contributed by atoms with Crippen molar-refractivity contribution in [1.82, 2.24) is 0 Å². The molecule has 0 spiro atoms. The number of aliphatic hydroxyl groups is 1. The van der Waals surface area contributed by atoms with Crippen molar-refractivity contribution in [2.24, 2.45) is 0 Å². The van der Waals surface area contributed by atoms with Crippen LogP contribution in [0.1, 0.15) is 11.7 Å². The molecule has 5 aromatic rings. The number of hydrogen-bond acceptors (Lipinski definition) is 7. The summed E-state index contributed by atoms with van der Waals surface area (Å²) in [5.74, 6) is 0.508. The predicted octanol–water partition coefficient (Wildman–Crippen LogP) is 6.73. The molecular weight excluding hydrogens is 570 g/mol. The van der Waals surface area contributed by atoms with Crippen molar-refractivity contribution in [2.75, 3.05) is 29.6 Å². The average molecular weight is 604 g/mol. The molecule has 2 amide bonds. The van der Waals surface area contributed by atoms with Crippen LogP contribution in [0.25, 0.3) is 10.8 Å². The third-order valence-electron chi connectivity index (χ3n) is 6.78. The first-order valence-corrected chi connectivity index (χ1v) is 14.3. The van der Waals surface area contributed by atoms with Gasteiger partial charge in [-0.3, -0.25) is 10.1 Å². The minimum atomic E-state index is -1.04. The zero-order valence-electron chi connectivity index (χ0n) is 24.3. The number of anilines is 3. The molecule has 0 heterocycles. The van der Waals surface area contributed by atoms with Crippen LogP contribution < -0.4 is 25.8 Å². The Kier molecular flexibility index (Phi) is 10.3. The maximum absolute atomic E-state index is 13.5. The maximum atomic E-state index is 13.5. The van der Waals surface area contributed by atoms with Gasteiger partial charge in [0.2, 0.25) is 5.91 Å². The molecule has 0 aliphatic rings. The van der Waals surface area contributed by atoms with Crippen LogP contribution in [0.15, 0.2) is 133 Å². The zero-order valence-corrected chi connectivity index (χ0v) is 24.3. The number of aliphatic hydroxyl groups excluding tert-OH is 1. The van der Waals surface area contributed by atoms with E-state index < -0.39 is 24.2 Å². The second-order valence-corrected chi connectivity index (χ2v) is 9.95. The third kappa shape index (κ3) is 8.40. The van der Waals surface area contributed by atoms with E-state index in [1.807, 2.05) is 54.6 Å². The van der Waals surface area contributed by atoms with Gasteiger partial charge in [0, 0.05) is 17.0 Å². The second kappa shape index (κ2) is 15.1. The summed E-state index contributed by atoms with van der Waals surface area (Å²) in [6, 6.07) is 36.1. The lowest BCUT2D eigenvalue weighted by molar-refractivity contribution is -0.112. The Morgan fingerprint density at radius 1 is 0.778 bits per heavy atom. The standard InChI is InChI=1S/C36H33N3O6/c37-30-17-6-7-18-32(30)38-34(41)21-20-33(44-27-13-2-1-3-14-27)35(26-12-8-15-28(24-26)43-23-22-40)45-36(42)39-31-19-9-11-25-10-4-5-16-29(25)31/h1-21,24,33,35,40H,22-23,37H2,(H,38,41)(H,39,42)/b21-20+/t33-,35-/m0/s1. The molecule has 9 heteroatoms. The average Bonchev–Trinajstić information content (AvgIpc) is 3.06. The summed E-state index contributed by atoms with van der Waals surface area (Å²) >= 11 is 0. The molecule has 2 atom stereocenters. The van der Waals surface area contributed by atoms with E-state index in [2.05, 4.69) is 10.6 Å². The zero-order chi connectivity index (χ0) is 31.4. The second-order valence-electron chi connectivity index (χ2n) is 9.95. The van der Waals surface area contributed by atoms with Crippen LogP contribution in [0.4, 0.5) is 21.9 Å². The van der Waals surface area contributed by atoms with Crippen molar-refractivity contribution in [3.05, 3.63) is 139 Å². The molecule has 0 aromatic heterocycles. The number of rotatable bonds is 12. The summed E-state index contributed by atoms with van der Waals surface area (Å²) < 4.78 is 18.0. The van der Waals surface area contributed by atoms with E-state index >= 15 is 0 Å². The number of fused-ring (bicyclic) bond motifs is 1. The molecule has 0 aliphatic carbocycles. The highest BCUT2D eigenvalue weighted by Gasteiger charge is 2.28. The molecular formula is C36H33N3O6. The van der Waals surface area contributed by atoms with Crippen molar-refractivity contribution in [1.29, 1.82) is 0 Å². The van der Waals surface area contributed by atoms with E-state index in [9.17, 15) is 14.7 Å². The van der Waals surface area contributed by atoms with Gasteiger partial charge in [-0.25, -0.2) is 4.79 Å². The number of hydrogen-bond donors (Lipinski definition) is 4. The van der Waals surface area contributed by atoms with Crippen LogP contribution in [0, 0.1) is 0 Å². The summed E-state index contributed by atoms with van der Waals surface area (Å²) in [5.41, 5.74) is 7.99. The Balaban J connectivity index is 1.48. The first-order valence-electron chi connectivity index (χ1n) is 14.3. The lowest BCUT2D eigenvalue weighted by atomic mass is 10.0. The number of benzene rings is 5. The molecule has 228 valence electrons. The maximum Gasteiger partial charge on any atom is 0.412 e. The topological polar surface area (TPSA) is 132 Å². The van der Waals surface area contributed by atoms with Gasteiger partial charge in [0.1, 0.15) is 18.1 Å². The van der Waals surface area contributed by atoms with Crippen LogP contribution in [0.5, 0.6) is 11.5 Å². The Morgan fingerprint density at radius 3 is 2.29 bits per heavy atom. The number of ether oxygens (including phenoxy) is 3. The van der Waals surface area contributed by atoms with Gasteiger partial charge in [-0.1, -0.05) is 78.9 Å². The molecule has 0 aliphatic heterocycles. The molecule has 0 saturated heterocycles. The van der Waals surface area contributed by atoms with Gasteiger partial charge >= 0.3 is 6.09 Å². The monoisotopic (exact) mass is 603 g/mol. The van der Waals surface area contributed by atoms with Crippen LogP contribution in [0.2, 0.25) is 0 Å². The molecule has 0 saturated carbocycles. The fraction of sp³-hybridized carbons (Fsp3) is 0.111. The van der Waals surface area contributed by atoms with Gasteiger partial charge in [0.15, 0.2) is 12.2 Å². The molecule has 0 bridgehead atoms. The van der Waals surface area contributed by atoms with Crippen molar-refractivity contribution in [3.63, 3.8) is 0 Å². The number of nitrogens with one attached hydrogen (secondary N) is 2. The van der Waals surface area contributed by atoms with Crippen molar-refractivity contribution in [2.45, 2.75) is 12.2 Å². The van der Waals surface area contributed by atoms with E-state index in [-0.39, 0.29) is 13.2 Å². The third-order valence-corrected chi connectivity index (χ3v) is 6.78. The summed E-state index contributed by atoms with van der Waals surface area (Å²) in [6.07, 6.45) is 0.111. The Hall–Kier alpha value is -5.80. The van der Waals surface area contributed by atoms with Gasteiger partial charge < -0.3 is 30.4 Å². The number of para-hydroxylation sites is 3. The van der Waals surface area contributed by atoms with E-state index in [4.69, 9.17) is 19.9 Å². The van der Waals surface area contributed by atoms with Gasteiger partial charge in [0.05, 0.1) is 23.7 Å². The van der Waals surface area contributed by atoms with E-state index in [1.54, 1.807) is 66.7 Å². The smallest absolute Gasteiger partial charge is 0.412 e. The summed E-state index contributed by atoms with van der Waals surface area (Å²) in [5, 5.41) is 16.7. The number of nitrogens with two attached hydrogens (primary N) is 1. The summed E-state index contributed by atoms with van der Waals surface area (Å²) in [7, 11) is 0. The molecule has 0 fully saturated rings. The first-order chi connectivity index (χ1) is 22.0. The van der Waals surface area contributed by atoms with Gasteiger partial charge in [-0.05, 0) is 53.9 Å². The SMILES string of the molecule is Nc1ccccc1NC(=O)/C=C/[C@H](Oc1ccccc1)[C@@H](OC(=O)Nc1cccc2ccccc12)c1cccc(OCCO)c1. The van der Waals surface area contributed by atoms with Crippen LogP contribution in [-0.4, -0.2) is 36.4 Å². The normalized spacial score (nSPS) is 12.3. The van der Waals surface area contributed by atoms with Crippen LogP contribution in [0.3, 0.4) is 0 Å². The Bertz CT molecular complexity index is 1770. The van der Waals surface area contributed by atoms with E-state index in [0.717, 1.165) is 10.8 Å². The molecule has 0 unspecified atom stereocenters. The highest BCUT2D eigenvalue weighted by Crippen LogP contribution is 2.31. The number of carbonyl (C=O) groups excluding carboxylic acids is 2. The molecule has 5 aromatic carbocycles. The number of nitrogen functional groups attached to an aromatic ring is 1. The van der Waals surface area contributed by atoms with Gasteiger partial charge in [-0.2, -0.15) is 0 Å². The molecule has 5 rings (SSSR count). The van der Waals surface area contributed by atoms with Gasteiger partial charge in [0.25, 0.3) is 0 Å². The molecule has 45 heavy (non-hydrogen) atoms. The summed E-state index contributed by atoms with van der Waals surface area (Å²) in [6.45, 7) is -0.0791. The number of carbonyl (C=O) groups is 2. The molecule has 9 nitrogen and oxygen atoms in total. The number of amides is 2. The van der Waals surface area contributed by atoms with Crippen LogP contribution in [-0.2, 0) is 9.53 Å². The van der Waals surface area contributed by atoms with Crippen molar-refractivity contribution < 1.29 is 28.9 Å². The first kappa shape index (κ1) is 30.7. The van der Waals surface area contributed by atoms with Crippen molar-refractivity contribution >= 4 is 39.8 Å². The fourth-order valence-corrected chi connectivity index (χ4v) is 4.68.